The molecule has 0 aliphatic heterocycles. The Labute approximate surface area is 104 Å². The SMILES string of the molecule is CCOC1CC(NC(=O)CCC(C)N)C1(C)C. The van der Waals surface area contributed by atoms with Crippen LogP contribution < -0.4 is 11.1 Å². The van der Waals surface area contributed by atoms with Crippen LogP contribution in [0.25, 0.3) is 0 Å². The molecule has 1 fully saturated rings. The molecule has 0 aromatic carbocycles. The predicted octanol–water partition coefficient (Wildman–Crippen LogP) is 1.43. The highest BCUT2D eigenvalue weighted by Gasteiger charge is 2.49. The lowest BCUT2D eigenvalue weighted by Crippen LogP contribution is -2.62. The molecule has 0 bridgehead atoms. The minimum atomic E-state index is 0.0417. The van der Waals surface area contributed by atoms with Gasteiger partial charge in [-0.05, 0) is 26.7 Å². The fourth-order valence-corrected chi connectivity index (χ4v) is 2.24. The van der Waals surface area contributed by atoms with Crippen molar-refractivity contribution in [1.82, 2.24) is 5.32 Å². The lowest BCUT2D eigenvalue weighted by Gasteiger charge is -2.51. The quantitative estimate of drug-likeness (QED) is 0.740. The van der Waals surface area contributed by atoms with Crippen molar-refractivity contribution in [3.05, 3.63) is 0 Å². The van der Waals surface area contributed by atoms with Crippen molar-refractivity contribution in [2.45, 2.75) is 65.1 Å². The van der Waals surface area contributed by atoms with E-state index in [0.717, 1.165) is 19.4 Å². The molecule has 0 aromatic heterocycles. The molecule has 1 rings (SSSR count). The van der Waals surface area contributed by atoms with E-state index in [1.807, 2.05) is 13.8 Å². The first-order valence-corrected chi connectivity index (χ1v) is 6.54. The number of carbonyl (C=O) groups is 1. The van der Waals surface area contributed by atoms with Gasteiger partial charge in [0.15, 0.2) is 0 Å². The Kier molecular flexibility index (Phi) is 4.95. The van der Waals surface area contributed by atoms with Crippen molar-refractivity contribution in [3.63, 3.8) is 0 Å². The summed E-state index contributed by atoms with van der Waals surface area (Å²) in [5.74, 6) is 0.107. The topological polar surface area (TPSA) is 64.3 Å². The molecule has 3 N–H and O–H groups in total. The molecular formula is C13H26N2O2. The number of ether oxygens (including phenoxy) is 1. The number of hydrogen-bond acceptors (Lipinski definition) is 3. The van der Waals surface area contributed by atoms with Gasteiger partial charge in [0, 0.05) is 30.5 Å². The summed E-state index contributed by atoms with van der Waals surface area (Å²) in [6, 6.07) is 0.325. The van der Waals surface area contributed by atoms with Gasteiger partial charge < -0.3 is 15.8 Å². The van der Waals surface area contributed by atoms with Gasteiger partial charge in [-0.25, -0.2) is 0 Å². The van der Waals surface area contributed by atoms with Crippen LogP contribution >= 0.6 is 0 Å². The van der Waals surface area contributed by atoms with Gasteiger partial charge in [-0.1, -0.05) is 13.8 Å². The van der Waals surface area contributed by atoms with Crippen molar-refractivity contribution in [2.24, 2.45) is 11.1 Å². The van der Waals surface area contributed by atoms with E-state index >= 15 is 0 Å². The second-order valence-electron chi connectivity index (χ2n) is 5.64. The van der Waals surface area contributed by atoms with E-state index in [1.54, 1.807) is 0 Å². The number of nitrogens with one attached hydrogen (secondary N) is 1. The van der Waals surface area contributed by atoms with Crippen molar-refractivity contribution < 1.29 is 9.53 Å². The molecule has 4 nitrogen and oxygen atoms in total. The molecular weight excluding hydrogens is 216 g/mol. The summed E-state index contributed by atoms with van der Waals surface area (Å²) in [4.78, 5) is 11.7. The zero-order valence-corrected chi connectivity index (χ0v) is 11.5. The van der Waals surface area contributed by atoms with Gasteiger partial charge in [-0.2, -0.15) is 0 Å². The van der Waals surface area contributed by atoms with Crippen LogP contribution in [0.15, 0.2) is 0 Å². The molecule has 1 saturated carbocycles. The van der Waals surface area contributed by atoms with E-state index in [-0.39, 0.29) is 29.5 Å². The fraction of sp³-hybridized carbons (Fsp3) is 0.923. The number of nitrogens with two attached hydrogens (primary N) is 1. The highest BCUT2D eigenvalue weighted by molar-refractivity contribution is 5.76. The molecule has 0 aromatic rings. The maximum absolute atomic E-state index is 11.7. The van der Waals surface area contributed by atoms with Crippen molar-refractivity contribution in [2.75, 3.05) is 6.61 Å². The third-order valence-corrected chi connectivity index (χ3v) is 3.71. The first kappa shape index (κ1) is 14.5. The Bertz CT molecular complexity index is 264. The highest BCUT2D eigenvalue weighted by Crippen LogP contribution is 2.42. The molecule has 0 saturated heterocycles. The maximum atomic E-state index is 11.7. The summed E-state index contributed by atoms with van der Waals surface area (Å²) in [5, 5.41) is 3.08. The van der Waals surface area contributed by atoms with Crippen molar-refractivity contribution in [1.29, 1.82) is 0 Å². The van der Waals surface area contributed by atoms with Crippen LogP contribution in [0.1, 0.15) is 47.0 Å². The Balaban J connectivity index is 2.32. The molecule has 3 atom stereocenters. The predicted molar refractivity (Wildman–Crippen MR) is 68.6 cm³/mol. The van der Waals surface area contributed by atoms with Gasteiger partial charge in [-0.15, -0.1) is 0 Å². The van der Waals surface area contributed by atoms with E-state index in [0.29, 0.717) is 6.42 Å². The van der Waals surface area contributed by atoms with Crippen LogP contribution in [-0.2, 0) is 9.53 Å². The van der Waals surface area contributed by atoms with Crippen LogP contribution in [0.4, 0.5) is 0 Å². The monoisotopic (exact) mass is 242 g/mol. The Morgan fingerprint density at radius 1 is 1.59 bits per heavy atom. The number of amides is 1. The molecule has 4 heteroatoms. The average Bonchev–Trinajstić information content (AvgIpc) is 2.25. The minimum Gasteiger partial charge on any atom is -0.378 e. The molecule has 0 heterocycles. The van der Waals surface area contributed by atoms with E-state index in [4.69, 9.17) is 10.5 Å². The zero-order chi connectivity index (χ0) is 13.1. The van der Waals surface area contributed by atoms with Crippen molar-refractivity contribution in [3.8, 4) is 0 Å². The number of hydrogen-bond donors (Lipinski definition) is 2. The molecule has 1 aliphatic carbocycles. The fourth-order valence-electron chi connectivity index (χ4n) is 2.24. The second-order valence-corrected chi connectivity index (χ2v) is 5.64. The molecule has 3 unspecified atom stereocenters. The van der Waals surface area contributed by atoms with Gasteiger partial charge in [-0.3, -0.25) is 4.79 Å². The Morgan fingerprint density at radius 2 is 2.24 bits per heavy atom. The van der Waals surface area contributed by atoms with Crippen LogP contribution in [0.3, 0.4) is 0 Å². The molecule has 0 spiro atoms. The summed E-state index contributed by atoms with van der Waals surface area (Å²) in [6.45, 7) is 8.95. The van der Waals surface area contributed by atoms with Crippen LogP contribution in [0.2, 0.25) is 0 Å². The standard InChI is InChI=1S/C13H26N2O2/c1-5-17-11-8-10(13(11,3)4)15-12(16)7-6-9(2)14/h9-11H,5-8,14H2,1-4H3,(H,15,16). The van der Waals surface area contributed by atoms with Crippen molar-refractivity contribution >= 4 is 5.91 Å². The number of carbonyl (C=O) groups excluding carboxylic acids is 1. The summed E-state index contributed by atoms with van der Waals surface area (Å²) in [6.07, 6.45) is 2.45. The Hall–Kier alpha value is -0.610. The maximum Gasteiger partial charge on any atom is 0.220 e. The van der Waals surface area contributed by atoms with Crippen LogP contribution in [0, 0.1) is 5.41 Å². The average molecular weight is 242 g/mol. The second kappa shape index (κ2) is 5.83. The molecule has 1 amide bonds. The van der Waals surface area contributed by atoms with Gasteiger partial charge in [0.25, 0.3) is 0 Å². The Morgan fingerprint density at radius 3 is 2.71 bits per heavy atom. The summed E-state index contributed by atoms with van der Waals surface area (Å²) in [7, 11) is 0. The van der Waals surface area contributed by atoms with Gasteiger partial charge in [0.1, 0.15) is 0 Å². The van der Waals surface area contributed by atoms with Crippen LogP contribution in [-0.4, -0.2) is 30.7 Å². The third kappa shape index (κ3) is 3.68. The van der Waals surface area contributed by atoms with E-state index < -0.39 is 0 Å². The minimum absolute atomic E-state index is 0.0417. The van der Waals surface area contributed by atoms with Gasteiger partial charge >= 0.3 is 0 Å². The number of rotatable bonds is 6. The van der Waals surface area contributed by atoms with Gasteiger partial charge in [0.2, 0.25) is 5.91 Å². The largest absolute Gasteiger partial charge is 0.378 e. The molecule has 100 valence electrons. The molecule has 1 aliphatic rings. The van der Waals surface area contributed by atoms with Crippen LogP contribution in [0.5, 0.6) is 0 Å². The first-order chi connectivity index (χ1) is 7.87. The smallest absolute Gasteiger partial charge is 0.220 e. The third-order valence-electron chi connectivity index (χ3n) is 3.71. The molecule has 0 radical (unpaired) electrons. The summed E-state index contributed by atoms with van der Waals surface area (Å²) >= 11 is 0. The lowest BCUT2D eigenvalue weighted by molar-refractivity contribution is -0.136. The van der Waals surface area contributed by atoms with E-state index in [2.05, 4.69) is 19.2 Å². The molecule has 17 heavy (non-hydrogen) atoms. The van der Waals surface area contributed by atoms with E-state index in [9.17, 15) is 4.79 Å². The summed E-state index contributed by atoms with van der Waals surface area (Å²) in [5.41, 5.74) is 5.67. The van der Waals surface area contributed by atoms with Gasteiger partial charge in [0.05, 0.1) is 6.10 Å². The van der Waals surface area contributed by atoms with E-state index in [1.165, 1.54) is 0 Å². The highest BCUT2D eigenvalue weighted by atomic mass is 16.5. The first-order valence-electron chi connectivity index (χ1n) is 6.54. The lowest BCUT2D eigenvalue weighted by atomic mass is 9.64. The summed E-state index contributed by atoms with van der Waals surface area (Å²) < 4.78 is 5.63. The normalized spacial score (nSPS) is 28.3. The zero-order valence-electron chi connectivity index (χ0n) is 11.5.